The lowest BCUT2D eigenvalue weighted by Gasteiger charge is -2.32. The molecule has 1 aliphatic heterocycles. The van der Waals surface area contributed by atoms with Gasteiger partial charge in [0, 0.05) is 24.0 Å². The molecule has 0 aromatic rings. The third kappa shape index (κ3) is 3.66. The van der Waals surface area contributed by atoms with Gasteiger partial charge in [-0.2, -0.15) is 12.7 Å². The molecule has 2 atom stereocenters. The van der Waals surface area contributed by atoms with Gasteiger partial charge in [-0.1, -0.05) is 22.4 Å². The summed E-state index contributed by atoms with van der Waals surface area (Å²) in [6, 6.07) is 0.135. The van der Waals surface area contributed by atoms with Crippen LogP contribution < -0.4 is 4.72 Å². The Kier molecular flexibility index (Phi) is 4.50. The quantitative estimate of drug-likeness (QED) is 0.785. The maximum absolute atomic E-state index is 12.1. The molecule has 2 unspecified atom stereocenters. The van der Waals surface area contributed by atoms with Gasteiger partial charge < -0.3 is 0 Å². The predicted octanol–water partition coefficient (Wildman–Crippen LogP) is 1.87. The standard InChI is InChI=1S/C11H21BrN2O2S/c1-9-4-2-3-7-14(9)17(15,16)13-8-11(12)10-5-6-10/h9-11,13H,2-8H2,1H3. The van der Waals surface area contributed by atoms with Crippen LogP contribution in [0.25, 0.3) is 0 Å². The van der Waals surface area contributed by atoms with Crippen molar-refractivity contribution in [2.24, 2.45) is 5.92 Å². The largest absolute Gasteiger partial charge is 0.279 e. The minimum Gasteiger partial charge on any atom is -0.201 e. The van der Waals surface area contributed by atoms with Gasteiger partial charge in [0.25, 0.3) is 10.2 Å². The van der Waals surface area contributed by atoms with Crippen LogP contribution in [0.1, 0.15) is 39.0 Å². The molecule has 1 saturated heterocycles. The lowest BCUT2D eigenvalue weighted by Crippen LogP contribution is -2.49. The zero-order valence-electron chi connectivity index (χ0n) is 10.2. The fourth-order valence-corrected chi connectivity index (χ4v) is 4.73. The normalized spacial score (nSPS) is 29.2. The fourth-order valence-electron chi connectivity index (χ4n) is 2.32. The van der Waals surface area contributed by atoms with E-state index in [-0.39, 0.29) is 10.9 Å². The third-order valence-corrected chi connectivity index (χ3v) is 6.41. The van der Waals surface area contributed by atoms with Crippen molar-refractivity contribution in [2.45, 2.75) is 49.9 Å². The van der Waals surface area contributed by atoms with Crippen molar-refractivity contribution in [3.8, 4) is 0 Å². The van der Waals surface area contributed by atoms with E-state index in [2.05, 4.69) is 20.7 Å². The molecule has 4 nitrogen and oxygen atoms in total. The molecule has 0 amide bonds. The topological polar surface area (TPSA) is 49.4 Å². The monoisotopic (exact) mass is 324 g/mol. The van der Waals surface area contributed by atoms with Crippen molar-refractivity contribution >= 4 is 26.1 Å². The molecule has 0 aromatic carbocycles. The molecule has 0 spiro atoms. The summed E-state index contributed by atoms with van der Waals surface area (Å²) in [6.45, 7) is 3.16. The van der Waals surface area contributed by atoms with Crippen molar-refractivity contribution in [2.75, 3.05) is 13.1 Å². The summed E-state index contributed by atoms with van der Waals surface area (Å²) in [5.74, 6) is 0.663. The molecule has 1 N–H and O–H groups in total. The maximum Gasteiger partial charge on any atom is 0.279 e. The van der Waals surface area contributed by atoms with E-state index in [0.29, 0.717) is 19.0 Å². The van der Waals surface area contributed by atoms with Gasteiger partial charge in [0.1, 0.15) is 0 Å². The minimum absolute atomic E-state index is 0.135. The lowest BCUT2D eigenvalue weighted by atomic mass is 10.1. The number of nitrogens with zero attached hydrogens (tertiary/aromatic N) is 1. The highest BCUT2D eigenvalue weighted by Gasteiger charge is 2.33. The Labute approximate surface area is 112 Å². The van der Waals surface area contributed by atoms with E-state index < -0.39 is 10.2 Å². The van der Waals surface area contributed by atoms with E-state index in [0.717, 1.165) is 19.3 Å². The number of alkyl halides is 1. The summed E-state index contributed by atoms with van der Waals surface area (Å²) in [7, 11) is -3.28. The van der Waals surface area contributed by atoms with Crippen LogP contribution in [0.3, 0.4) is 0 Å². The van der Waals surface area contributed by atoms with Gasteiger partial charge in [-0.3, -0.25) is 0 Å². The SMILES string of the molecule is CC1CCCCN1S(=O)(=O)NCC(Br)C1CC1. The van der Waals surface area contributed by atoms with Crippen molar-refractivity contribution in [1.82, 2.24) is 9.03 Å². The van der Waals surface area contributed by atoms with Crippen LogP contribution in [0, 0.1) is 5.92 Å². The molecule has 1 saturated carbocycles. The Morgan fingerprint density at radius 2 is 2.06 bits per heavy atom. The molecular weight excluding hydrogens is 304 g/mol. The number of hydrogen-bond acceptors (Lipinski definition) is 2. The number of hydrogen-bond donors (Lipinski definition) is 1. The molecule has 1 heterocycles. The Bertz CT molecular complexity index is 356. The van der Waals surface area contributed by atoms with Crippen LogP contribution in [0.15, 0.2) is 0 Å². The summed E-state index contributed by atoms with van der Waals surface area (Å²) in [5.41, 5.74) is 0. The highest BCUT2D eigenvalue weighted by molar-refractivity contribution is 9.09. The van der Waals surface area contributed by atoms with E-state index >= 15 is 0 Å². The summed E-state index contributed by atoms with van der Waals surface area (Å²) in [6.07, 6.45) is 5.53. The Hall–Kier alpha value is 0.350. The predicted molar refractivity (Wildman–Crippen MR) is 72.4 cm³/mol. The summed E-state index contributed by atoms with van der Waals surface area (Å²) in [4.78, 5) is 0.289. The number of halogens is 1. The minimum atomic E-state index is -3.28. The van der Waals surface area contributed by atoms with Crippen LogP contribution in [-0.4, -0.2) is 36.7 Å². The summed E-state index contributed by atoms with van der Waals surface area (Å²) >= 11 is 3.55. The Morgan fingerprint density at radius 3 is 2.65 bits per heavy atom. The van der Waals surface area contributed by atoms with Gasteiger partial charge in [0.15, 0.2) is 0 Å². The third-order valence-electron chi connectivity index (χ3n) is 3.65. The second-order valence-electron chi connectivity index (χ2n) is 5.16. The Balaban J connectivity index is 1.88. The van der Waals surface area contributed by atoms with Gasteiger partial charge in [-0.25, -0.2) is 4.72 Å². The average molecular weight is 325 g/mol. The number of nitrogens with one attached hydrogen (secondary N) is 1. The van der Waals surface area contributed by atoms with Gasteiger partial charge in [0.05, 0.1) is 0 Å². The lowest BCUT2D eigenvalue weighted by molar-refractivity contribution is 0.265. The van der Waals surface area contributed by atoms with Crippen LogP contribution in [-0.2, 0) is 10.2 Å². The first-order chi connectivity index (χ1) is 8.00. The van der Waals surface area contributed by atoms with Gasteiger partial charge in [-0.05, 0) is 38.5 Å². The van der Waals surface area contributed by atoms with Crippen LogP contribution in [0.4, 0.5) is 0 Å². The number of rotatable bonds is 5. The van der Waals surface area contributed by atoms with E-state index in [4.69, 9.17) is 0 Å². The van der Waals surface area contributed by atoms with Gasteiger partial charge >= 0.3 is 0 Å². The second-order valence-corrected chi connectivity index (χ2v) is 8.05. The van der Waals surface area contributed by atoms with Crippen molar-refractivity contribution in [3.05, 3.63) is 0 Å². The van der Waals surface area contributed by atoms with Crippen LogP contribution in [0.2, 0.25) is 0 Å². The van der Waals surface area contributed by atoms with E-state index in [1.165, 1.54) is 12.8 Å². The van der Waals surface area contributed by atoms with Crippen LogP contribution >= 0.6 is 15.9 Å². The van der Waals surface area contributed by atoms with Gasteiger partial charge in [0.2, 0.25) is 0 Å². The molecule has 0 aromatic heterocycles. The maximum atomic E-state index is 12.1. The zero-order valence-corrected chi connectivity index (χ0v) is 12.6. The molecule has 0 radical (unpaired) electrons. The molecular formula is C11H21BrN2O2S. The highest BCUT2D eigenvalue weighted by Crippen LogP contribution is 2.36. The zero-order chi connectivity index (χ0) is 12.5. The molecule has 100 valence electrons. The second kappa shape index (κ2) is 5.55. The fraction of sp³-hybridized carbons (Fsp3) is 1.00. The first-order valence-corrected chi connectivity index (χ1v) is 8.77. The van der Waals surface area contributed by atoms with Crippen molar-refractivity contribution < 1.29 is 8.42 Å². The van der Waals surface area contributed by atoms with E-state index in [9.17, 15) is 8.42 Å². The average Bonchev–Trinajstić information content (AvgIpc) is 3.10. The Morgan fingerprint density at radius 1 is 1.35 bits per heavy atom. The molecule has 0 bridgehead atoms. The van der Waals surface area contributed by atoms with E-state index in [1.54, 1.807) is 4.31 Å². The van der Waals surface area contributed by atoms with Crippen molar-refractivity contribution in [1.29, 1.82) is 0 Å². The molecule has 1 aliphatic carbocycles. The molecule has 2 aliphatic rings. The number of piperidine rings is 1. The smallest absolute Gasteiger partial charge is 0.201 e. The van der Waals surface area contributed by atoms with Crippen LogP contribution in [0.5, 0.6) is 0 Å². The summed E-state index contributed by atoms with van der Waals surface area (Å²) < 4.78 is 28.6. The molecule has 6 heteroatoms. The van der Waals surface area contributed by atoms with Crippen molar-refractivity contribution in [3.63, 3.8) is 0 Å². The first kappa shape index (κ1) is 13.8. The van der Waals surface area contributed by atoms with Gasteiger partial charge in [-0.15, -0.1) is 0 Å². The highest BCUT2D eigenvalue weighted by atomic mass is 79.9. The molecule has 2 rings (SSSR count). The first-order valence-electron chi connectivity index (χ1n) is 6.41. The summed E-state index contributed by atoms with van der Waals surface area (Å²) in [5, 5.41) is 0. The van der Waals surface area contributed by atoms with E-state index in [1.807, 2.05) is 6.92 Å². The molecule has 17 heavy (non-hydrogen) atoms. The molecule has 2 fully saturated rings.